The van der Waals surface area contributed by atoms with Crippen LogP contribution in [0.1, 0.15) is 20.8 Å². The lowest BCUT2D eigenvalue weighted by Crippen LogP contribution is -2.32. The minimum absolute atomic E-state index is 0.215. The molecule has 0 spiro atoms. The quantitative estimate of drug-likeness (QED) is 0.324. The Morgan fingerprint density at radius 1 is 0.939 bits per heavy atom. The molecule has 9 nitrogen and oxygen atoms in total. The van der Waals surface area contributed by atoms with Crippen LogP contribution in [0, 0.1) is 0 Å². The minimum Gasteiger partial charge on any atom is -0.495 e. The van der Waals surface area contributed by atoms with Crippen LogP contribution in [0.3, 0.4) is 0 Å². The van der Waals surface area contributed by atoms with Crippen LogP contribution in [-0.4, -0.2) is 45.2 Å². The predicted molar refractivity (Wildman–Crippen MR) is 126 cm³/mol. The van der Waals surface area contributed by atoms with Crippen molar-refractivity contribution in [1.29, 1.82) is 0 Å². The lowest BCUT2D eigenvalue weighted by Gasteiger charge is -2.15. The number of ether oxygens (including phenoxy) is 4. The Balaban J connectivity index is 2.40. The first-order chi connectivity index (χ1) is 15.7. The van der Waals surface area contributed by atoms with Gasteiger partial charge in [-0.1, -0.05) is 23.2 Å². The van der Waals surface area contributed by atoms with Gasteiger partial charge in [0.2, 0.25) is 6.04 Å². The summed E-state index contributed by atoms with van der Waals surface area (Å²) in [7, 11) is 2.88. The number of nitrogens with one attached hydrogen (secondary N) is 1. The number of nitrogens with zero attached hydrogens (tertiary/aromatic N) is 2. The number of anilines is 1. The van der Waals surface area contributed by atoms with Gasteiger partial charge in [-0.25, -0.2) is 0 Å². The highest BCUT2D eigenvalue weighted by Gasteiger charge is 2.25. The molecule has 11 heteroatoms. The fraction of sp³-hybridized carbons (Fsp3) is 0.364. The molecular formula is C22H25Cl2N3O6. The van der Waals surface area contributed by atoms with Crippen molar-refractivity contribution >= 4 is 46.3 Å². The average molecular weight is 498 g/mol. The van der Waals surface area contributed by atoms with Crippen LogP contribution in [0.4, 0.5) is 11.4 Å². The summed E-state index contributed by atoms with van der Waals surface area (Å²) < 4.78 is 21.6. The zero-order valence-electron chi connectivity index (χ0n) is 18.9. The smallest absolute Gasteiger partial charge is 0.258 e. The predicted octanol–water partition coefficient (Wildman–Crippen LogP) is 5.49. The van der Waals surface area contributed by atoms with Gasteiger partial charge < -0.3 is 24.3 Å². The molecule has 0 aliphatic carbocycles. The number of ketones is 1. The highest BCUT2D eigenvalue weighted by molar-refractivity contribution is 6.32. The van der Waals surface area contributed by atoms with Crippen LogP contribution in [0.25, 0.3) is 0 Å². The third kappa shape index (κ3) is 6.72. The van der Waals surface area contributed by atoms with Crippen LogP contribution in [0.15, 0.2) is 34.5 Å². The van der Waals surface area contributed by atoms with Crippen LogP contribution < -0.4 is 24.3 Å². The van der Waals surface area contributed by atoms with Gasteiger partial charge >= 0.3 is 0 Å². The summed E-state index contributed by atoms with van der Waals surface area (Å²) in [5, 5.41) is 11.3. The summed E-state index contributed by atoms with van der Waals surface area (Å²) in [5.41, 5.74) is 0.457. The van der Waals surface area contributed by atoms with Crippen molar-refractivity contribution < 1.29 is 28.5 Å². The van der Waals surface area contributed by atoms with Crippen LogP contribution in [0.5, 0.6) is 23.0 Å². The zero-order chi connectivity index (χ0) is 24.5. The van der Waals surface area contributed by atoms with Crippen LogP contribution in [0.2, 0.25) is 10.0 Å². The number of amides is 1. The highest BCUT2D eigenvalue weighted by Crippen LogP contribution is 2.41. The monoisotopic (exact) mass is 497 g/mol. The number of hydrogen-bond donors (Lipinski definition) is 1. The van der Waals surface area contributed by atoms with Crippen molar-refractivity contribution in [1.82, 2.24) is 0 Å². The summed E-state index contributed by atoms with van der Waals surface area (Å²) in [5.74, 6) is 0.0187. The van der Waals surface area contributed by atoms with E-state index in [1.165, 1.54) is 33.3 Å². The second kappa shape index (κ2) is 12.3. The van der Waals surface area contributed by atoms with Gasteiger partial charge in [-0.05, 0) is 26.8 Å². The Morgan fingerprint density at radius 3 is 2.00 bits per heavy atom. The molecule has 1 N–H and O–H groups in total. The number of benzene rings is 2. The molecule has 0 saturated carbocycles. The Hall–Kier alpha value is -3.04. The van der Waals surface area contributed by atoms with E-state index >= 15 is 0 Å². The van der Waals surface area contributed by atoms with Crippen molar-refractivity contribution in [3.05, 3.63) is 34.3 Å². The number of hydrogen-bond acceptors (Lipinski definition) is 8. The number of Topliss-reactive ketones (excluding diaryl/α,β-unsaturated/α-hetero) is 1. The number of azo groups is 1. The Labute approximate surface area is 202 Å². The molecule has 0 bridgehead atoms. The van der Waals surface area contributed by atoms with Gasteiger partial charge in [0.15, 0.2) is 23.0 Å². The van der Waals surface area contributed by atoms with Crippen LogP contribution in [-0.2, 0) is 9.59 Å². The fourth-order valence-electron chi connectivity index (χ4n) is 2.77. The standard InChI is InChI=1S/C22H25Cl2N3O6/c1-6-32-18-8-13(23)9-19(33-7-2)21(18)27-26-20(12(3)28)22(29)25-15-10-14(24)16(30-4)11-17(15)31-5/h8-11,20H,6-7H2,1-5H3,(H,25,29). The van der Waals surface area contributed by atoms with E-state index in [0.717, 1.165) is 0 Å². The number of carbonyl (C=O) groups excluding carboxylic acids is 2. The molecular weight excluding hydrogens is 473 g/mol. The molecule has 0 aliphatic rings. The third-order valence-corrected chi connectivity index (χ3v) is 4.76. The van der Waals surface area contributed by atoms with E-state index in [1.807, 2.05) is 0 Å². The molecule has 0 radical (unpaired) electrons. The van der Waals surface area contributed by atoms with Crippen molar-refractivity contribution in [2.45, 2.75) is 26.8 Å². The summed E-state index contributed by atoms with van der Waals surface area (Å²) in [4.78, 5) is 25.1. The summed E-state index contributed by atoms with van der Waals surface area (Å²) in [6.45, 7) is 5.49. The topological polar surface area (TPSA) is 108 Å². The maximum atomic E-state index is 12.9. The molecule has 2 rings (SSSR count). The van der Waals surface area contributed by atoms with Gasteiger partial charge in [0, 0.05) is 23.2 Å². The van der Waals surface area contributed by atoms with Gasteiger partial charge in [0.1, 0.15) is 11.5 Å². The minimum atomic E-state index is -1.45. The zero-order valence-corrected chi connectivity index (χ0v) is 20.4. The fourth-order valence-corrected chi connectivity index (χ4v) is 3.21. The highest BCUT2D eigenvalue weighted by atomic mass is 35.5. The van der Waals surface area contributed by atoms with Crippen molar-refractivity contribution in [3.63, 3.8) is 0 Å². The molecule has 1 unspecified atom stereocenters. The second-order valence-corrected chi connectivity index (χ2v) is 7.37. The molecule has 1 atom stereocenters. The van der Waals surface area contributed by atoms with Gasteiger partial charge in [0.05, 0.1) is 38.1 Å². The van der Waals surface area contributed by atoms with E-state index < -0.39 is 17.7 Å². The Morgan fingerprint density at radius 2 is 1.52 bits per heavy atom. The Kier molecular flexibility index (Phi) is 9.74. The second-order valence-electron chi connectivity index (χ2n) is 6.52. The van der Waals surface area contributed by atoms with Gasteiger partial charge in [-0.15, -0.1) is 5.11 Å². The average Bonchev–Trinajstić information content (AvgIpc) is 2.75. The number of rotatable bonds is 11. The summed E-state index contributed by atoms with van der Waals surface area (Å²) >= 11 is 12.3. The number of halogens is 2. The first kappa shape index (κ1) is 26.2. The third-order valence-electron chi connectivity index (χ3n) is 4.24. The first-order valence-corrected chi connectivity index (χ1v) is 10.7. The summed E-state index contributed by atoms with van der Waals surface area (Å²) in [6.07, 6.45) is 0. The normalized spacial score (nSPS) is 11.7. The lowest BCUT2D eigenvalue weighted by atomic mass is 10.2. The molecule has 0 aromatic heterocycles. The molecule has 2 aromatic rings. The number of methoxy groups -OCH3 is 2. The van der Waals surface area contributed by atoms with E-state index in [0.29, 0.717) is 41.2 Å². The molecule has 2 aromatic carbocycles. The van der Waals surface area contributed by atoms with E-state index in [9.17, 15) is 9.59 Å². The van der Waals surface area contributed by atoms with E-state index in [2.05, 4.69) is 15.5 Å². The van der Waals surface area contributed by atoms with E-state index in [-0.39, 0.29) is 16.4 Å². The Bertz CT molecular complexity index is 1020. The lowest BCUT2D eigenvalue weighted by molar-refractivity contribution is -0.126. The van der Waals surface area contributed by atoms with Gasteiger partial charge in [-0.2, -0.15) is 5.11 Å². The van der Waals surface area contributed by atoms with Crippen molar-refractivity contribution in [3.8, 4) is 23.0 Å². The van der Waals surface area contributed by atoms with Gasteiger partial charge in [0.25, 0.3) is 5.91 Å². The molecule has 0 aliphatic heterocycles. The maximum absolute atomic E-state index is 12.9. The molecule has 0 heterocycles. The molecule has 0 fully saturated rings. The molecule has 0 saturated heterocycles. The first-order valence-electron chi connectivity index (χ1n) is 9.98. The molecule has 178 valence electrons. The van der Waals surface area contributed by atoms with Crippen molar-refractivity contribution in [2.24, 2.45) is 10.2 Å². The summed E-state index contributed by atoms with van der Waals surface area (Å²) in [6, 6.07) is 4.61. The van der Waals surface area contributed by atoms with E-state index in [1.54, 1.807) is 26.0 Å². The van der Waals surface area contributed by atoms with Crippen LogP contribution >= 0.6 is 23.2 Å². The number of carbonyl (C=O) groups is 2. The van der Waals surface area contributed by atoms with Gasteiger partial charge in [-0.3, -0.25) is 9.59 Å². The van der Waals surface area contributed by atoms with E-state index in [4.69, 9.17) is 42.1 Å². The SMILES string of the molecule is CCOc1cc(Cl)cc(OCC)c1N=NC(C(C)=O)C(=O)Nc1cc(Cl)c(OC)cc1OC. The largest absolute Gasteiger partial charge is 0.495 e. The molecule has 1 amide bonds. The maximum Gasteiger partial charge on any atom is 0.258 e. The molecule has 33 heavy (non-hydrogen) atoms. The van der Waals surface area contributed by atoms with Crippen molar-refractivity contribution in [2.75, 3.05) is 32.8 Å².